The molecule has 1 aliphatic carbocycles. The zero-order valence-electron chi connectivity index (χ0n) is 10.7. The van der Waals surface area contributed by atoms with Crippen LogP contribution in [0.4, 0.5) is 0 Å². The maximum absolute atomic E-state index is 10.0. The fraction of sp³-hybridized carbons (Fsp3) is 0.667. The van der Waals surface area contributed by atoms with Gasteiger partial charge >= 0.3 is 0 Å². The normalized spacial score (nSPS) is 29.2. The zero-order chi connectivity index (χ0) is 12.1. The lowest BCUT2D eigenvalue weighted by atomic mass is 9.76. The molecule has 0 radical (unpaired) electrons. The Kier molecular flexibility index (Phi) is 4.55. The van der Waals surface area contributed by atoms with E-state index in [2.05, 4.69) is 18.0 Å². The summed E-state index contributed by atoms with van der Waals surface area (Å²) in [5.74, 6) is 1.33. The van der Waals surface area contributed by atoms with Crippen LogP contribution in [0.1, 0.15) is 44.6 Å². The van der Waals surface area contributed by atoms with Gasteiger partial charge in [-0.2, -0.15) is 0 Å². The molecule has 2 rings (SSSR count). The Morgan fingerprint density at radius 3 is 3.00 bits per heavy atom. The van der Waals surface area contributed by atoms with Crippen molar-refractivity contribution in [1.82, 2.24) is 4.98 Å². The predicted octanol–water partition coefficient (Wildman–Crippen LogP) is 3.20. The SMILES string of the molecule is CCC1CCC(O)C(CCc2cccnc2)C1. The second-order valence-corrected chi connectivity index (χ2v) is 5.31. The van der Waals surface area contributed by atoms with Crippen LogP contribution >= 0.6 is 0 Å². The van der Waals surface area contributed by atoms with Crippen molar-refractivity contribution in [2.75, 3.05) is 0 Å². The van der Waals surface area contributed by atoms with E-state index in [1.54, 1.807) is 0 Å². The molecule has 3 atom stereocenters. The molecule has 1 saturated carbocycles. The van der Waals surface area contributed by atoms with Gasteiger partial charge in [0.05, 0.1) is 6.10 Å². The average Bonchev–Trinajstić information content (AvgIpc) is 2.39. The van der Waals surface area contributed by atoms with Crippen LogP contribution in [0.2, 0.25) is 0 Å². The Balaban J connectivity index is 1.85. The first-order valence-corrected chi connectivity index (χ1v) is 6.86. The van der Waals surface area contributed by atoms with E-state index in [1.807, 2.05) is 18.5 Å². The van der Waals surface area contributed by atoms with Gasteiger partial charge in [0.1, 0.15) is 0 Å². The van der Waals surface area contributed by atoms with E-state index in [0.717, 1.165) is 25.2 Å². The van der Waals surface area contributed by atoms with Gasteiger partial charge in [-0.3, -0.25) is 4.98 Å². The van der Waals surface area contributed by atoms with Gasteiger partial charge in [-0.25, -0.2) is 0 Å². The molecular weight excluding hydrogens is 210 g/mol. The largest absolute Gasteiger partial charge is 0.393 e. The second-order valence-electron chi connectivity index (χ2n) is 5.31. The third-order valence-electron chi connectivity index (χ3n) is 4.15. The predicted molar refractivity (Wildman–Crippen MR) is 69.7 cm³/mol. The smallest absolute Gasteiger partial charge is 0.0568 e. The monoisotopic (exact) mass is 233 g/mol. The highest BCUT2D eigenvalue weighted by atomic mass is 16.3. The standard InChI is InChI=1S/C15H23NO/c1-2-12-6-8-15(17)14(10-12)7-5-13-4-3-9-16-11-13/h3-4,9,11-12,14-15,17H,2,5-8,10H2,1H3. The lowest BCUT2D eigenvalue weighted by molar-refractivity contribution is 0.0432. The number of pyridine rings is 1. The molecule has 0 aromatic carbocycles. The summed E-state index contributed by atoms with van der Waals surface area (Å²) < 4.78 is 0. The highest BCUT2D eigenvalue weighted by Gasteiger charge is 2.27. The van der Waals surface area contributed by atoms with Gasteiger partial charge in [0, 0.05) is 12.4 Å². The van der Waals surface area contributed by atoms with Crippen LogP contribution in [0.25, 0.3) is 0 Å². The van der Waals surface area contributed by atoms with Gasteiger partial charge in [-0.05, 0) is 55.6 Å². The average molecular weight is 233 g/mol. The molecule has 0 saturated heterocycles. The van der Waals surface area contributed by atoms with Crippen molar-refractivity contribution in [3.05, 3.63) is 30.1 Å². The molecule has 2 nitrogen and oxygen atoms in total. The molecule has 0 spiro atoms. The summed E-state index contributed by atoms with van der Waals surface area (Å²) in [7, 11) is 0. The van der Waals surface area contributed by atoms with E-state index >= 15 is 0 Å². The first kappa shape index (κ1) is 12.6. The number of nitrogens with zero attached hydrogens (tertiary/aromatic N) is 1. The molecule has 1 N–H and O–H groups in total. The summed E-state index contributed by atoms with van der Waals surface area (Å²) in [6.45, 7) is 2.26. The number of hydrogen-bond donors (Lipinski definition) is 1. The molecule has 17 heavy (non-hydrogen) atoms. The Hall–Kier alpha value is -0.890. The van der Waals surface area contributed by atoms with Crippen LogP contribution in [-0.2, 0) is 6.42 Å². The Morgan fingerprint density at radius 2 is 2.29 bits per heavy atom. The number of hydrogen-bond acceptors (Lipinski definition) is 2. The Morgan fingerprint density at radius 1 is 1.41 bits per heavy atom. The molecule has 1 heterocycles. The molecule has 1 fully saturated rings. The van der Waals surface area contributed by atoms with Gasteiger partial charge in [0.25, 0.3) is 0 Å². The molecular formula is C15H23NO. The van der Waals surface area contributed by atoms with Crippen molar-refractivity contribution in [3.63, 3.8) is 0 Å². The lowest BCUT2D eigenvalue weighted by Gasteiger charge is -2.33. The van der Waals surface area contributed by atoms with Crippen LogP contribution in [0.5, 0.6) is 0 Å². The van der Waals surface area contributed by atoms with Crippen LogP contribution in [0.15, 0.2) is 24.5 Å². The fourth-order valence-electron chi connectivity index (χ4n) is 2.92. The summed E-state index contributed by atoms with van der Waals surface area (Å²) in [6.07, 6.45) is 10.5. The molecule has 0 aliphatic heterocycles. The van der Waals surface area contributed by atoms with Gasteiger partial charge < -0.3 is 5.11 Å². The van der Waals surface area contributed by atoms with Crippen LogP contribution in [0, 0.1) is 11.8 Å². The highest BCUT2D eigenvalue weighted by Crippen LogP contribution is 2.33. The Labute approximate surface area is 104 Å². The van der Waals surface area contributed by atoms with E-state index in [1.165, 1.54) is 24.8 Å². The molecule has 1 aliphatic rings. The first-order valence-electron chi connectivity index (χ1n) is 6.86. The van der Waals surface area contributed by atoms with Gasteiger partial charge in [-0.1, -0.05) is 19.4 Å². The van der Waals surface area contributed by atoms with Crippen molar-refractivity contribution in [2.24, 2.45) is 11.8 Å². The maximum Gasteiger partial charge on any atom is 0.0568 e. The van der Waals surface area contributed by atoms with Gasteiger partial charge in [0.2, 0.25) is 0 Å². The number of aliphatic hydroxyl groups is 1. The first-order chi connectivity index (χ1) is 8.29. The minimum absolute atomic E-state index is 0.0746. The van der Waals surface area contributed by atoms with Crippen LogP contribution in [-0.4, -0.2) is 16.2 Å². The molecule has 0 amide bonds. The van der Waals surface area contributed by atoms with Crippen LogP contribution < -0.4 is 0 Å². The molecule has 2 heteroatoms. The lowest BCUT2D eigenvalue weighted by Crippen LogP contribution is -2.29. The van der Waals surface area contributed by atoms with E-state index in [4.69, 9.17) is 0 Å². The Bertz CT molecular complexity index is 325. The summed E-state index contributed by atoms with van der Waals surface area (Å²) in [5, 5.41) is 10.0. The third-order valence-corrected chi connectivity index (χ3v) is 4.15. The molecule has 94 valence electrons. The zero-order valence-corrected chi connectivity index (χ0v) is 10.7. The number of aryl methyl sites for hydroxylation is 1. The summed E-state index contributed by atoms with van der Waals surface area (Å²) >= 11 is 0. The summed E-state index contributed by atoms with van der Waals surface area (Å²) in [4.78, 5) is 4.14. The number of aromatic nitrogens is 1. The number of aliphatic hydroxyl groups excluding tert-OH is 1. The van der Waals surface area contributed by atoms with Gasteiger partial charge in [-0.15, -0.1) is 0 Å². The van der Waals surface area contributed by atoms with Crippen molar-refractivity contribution in [1.29, 1.82) is 0 Å². The third kappa shape index (κ3) is 3.53. The maximum atomic E-state index is 10.0. The van der Waals surface area contributed by atoms with E-state index in [0.29, 0.717) is 5.92 Å². The minimum atomic E-state index is -0.0746. The quantitative estimate of drug-likeness (QED) is 0.866. The molecule has 3 unspecified atom stereocenters. The summed E-state index contributed by atoms with van der Waals surface area (Å²) in [6, 6.07) is 4.11. The van der Waals surface area contributed by atoms with E-state index < -0.39 is 0 Å². The van der Waals surface area contributed by atoms with Crippen molar-refractivity contribution >= 4 is 0 Å². The van der Waals surface area contributed by atoms with Gasteiger partial charge in [0.15, 0.2) is 0 Å². The van der Waals surface area contributed by atoms with E-state index in [-0.39, 0.29) is 6.10 Å². The summed E-state index contributed by atoms with van der Waals surface area (Å²) in [5.41, 5.74) is 1.29. The van der Waals surface area contributed by atoms with Crippen molar-refractivity contribution in [2.45, 2.75) is 51.6 Å². The minimum Gasteiger partial charge on any atom is -0.393 e. The second kappa shape index (κ2) is 6.15. The molecule has 1 aromatic rings. The topological polar surface area (TPSA) is 33.1 Å². The molecule has 0 bridgehead atoms. The van der Waals surface area contributed by atoms with Crippen molar-refractivity contribution < 1.29 is 5.11 Å². The highest BCUT2D eigenvalue weighted by molar-refractivity contribution is 5.08. The fourth-order valence-corrected chi connectivity index (χ4v) is 2.92. The van der Waals surface area contributed by atoms with Crippen molar-refractivity contribution in [3.8, 4) is 0 Å². The van der Waals surface area contributed by atoms with Crippen LogP contribution in [0.3, 0.4) is 0 Å². The van der Waals surface area contributed by atoms with E-state index in [9.17, 15) is 5.11 Å². The molecule has 1 aromatic heterocycles. The number of rotatable bonds is 4.